The molecule has 114 valence electrons. The van der Waals surface area contributed by atoms with Gasteiger partial charge in [0.2, 0.25) is 0 Å². The van der Waals surface area contributed by atoms with Gasteiger partial charge in [0.1, 0.15) is 0 Å². The highest BCUT2D eigenvalue weighted by Gasteiger charge is 2.37. The van der Waals surface area contributed by atoms with Gasteiger partial charge >= 0.3 is 0 Å². The van der Waals surface area contributed by atoms with Crippen molar-refractivity contribution >= 4 is 33.3 Å². The number of hydrogen-bond donors (Lipinski definition) is 1. The molecule has 1 atom stereocenters. The first-order chi connectivity index (χ1) is 9.70. The Morgan fingerprint density at radius 3 is 2.57 bits per heavy atom. The van der Waals surface area contributed by atoms with E-state index in [4.69, 9.17) is 0 Å². The smallest absolute Gasteiger partial charge is 0.299 e. The lowest BCUT2D eigenvalue weighted by atomic mass is 10.1. The molecule has 0 aromatic heterocycles. The Bertz CT molecular complexity index is 578. The van der Waals surface area contributed by atoms with Crippen LogP contribution in [0.25, 0.3) is 0 Å². The van der Waals surface area contributed by atoms with Gasteiger partial charge in [-0.25, -0.2) is 0 Å². The quantitative estimate of drug-likeness (QED) is 0.847. The van der Waals surface area contributed by atoms with Gasteiger partial charge in [0.25, 0.3) is 11.7 Å². The van der Waals surface area contributed by atoms with E-state index < -0.39 is 11.7 Å². The molecule has 4 nitrogen and oxygen atoms in total. The van der Waals surface area contributed by atoms with E-state index in [2.05, 4.69) is 48.9 Å². The van der Waals surface area contributed by atoms with Gasteiger partial charge in [-0.3, -0.25) is 9.59 Å². The molecule has 1 aromatic carbocycles. The number of Topliss-reactive ketones (excluding diaryl/α,β-unsaturated/α-hetero) is 1. The fourth-order valence-electron chi connectivity index (χ4n) is 2.34. The number of benzene rings is 1. The number of hydrogen-bond acceptors (Lipinski definition) is 3. The largest absolute Gasteiger partial charge is 0.312 e. The van der Waals surface area contributed by atoms with Crippen molar-refractivity contribution < 1.29 is 9.59 Å². The lowest BCUT2D eigenvalue weighted by Crippen LogP contribution is -2.42. The SMILES string of the molecule is CC(CNC(C)(C)C)CN1C(=O)C(=O)c2cccc(Br)c21. The summed E-state index contributed by atoms with van der Waals surface area (Å²) in [5.41, 5.74) is 1.23. The molecule has 0 saturated heterocycles. The number of nitrogens with zero attached hydrogens (tertiary/aromatic N) is 1. The number of anilines is 1. The van der Waals surface area contributed by atoms with Crippen LogP contribution >= 0.6 is 15.9 Å². The summed E-state index contributed by atoms with van der Waals surface area (Å²) in [4.78, 5) is 25.8. The van der Waals surface area contributed by atoms with Gasteiger partial charge in [-0.05, 0) is 61.3 Å². The molecule has 5 heteroatoms. The number of carbonyl (C=O) groups excluding carboxylic acids is 2. The third-order valence-corrected chi connectivity index (χ3v) is 4.06. The molecular formula is C16H21BrN2O2. The van der Waals surface area contributed by atoms with Gasteiger partial charge in [0, 0.05) is 16.6 Å². The molecule has 21 heavy (non-hydrogen) atoms. The topological polar surface area (TPSA) is 49.4 Å². The molecule has 0 aliphatic carbocycles. The summed E-state index contributed by atoms with van der Waals surface area (Å²) in [6.07, 6.45) is 0. The Morgan fingerprint density at radius 1 is 1.29 bits per heavy atom. The Balaban J connectivity index is 2.15. The van der Waals surface area contributed by atoms with E-state index >= 15 is 0 Å². The van der Waals surface area contributed by atoms with Crippen molar-refractivity contribution in [3.05, 3.63) is 28.2 Å². The third-order valence-electron chi connectivity index (χ3n) is 3.42. The van der Waals surface area contributed by atoms with E-state index in [9.17, 15) is 9.59 Å². The van der Waals surface area contributed by atoms with Crippen LogP contribution in [0.1, 0.15) is 38.1 Å². The van der Waals surface area contributed by atoms with Crippen molar-refractivity contribution in [1.82, 2.24) is 5.32 Å². The molecule has 2 rings (SSSR count). The zero-order valence-corrected chi connectivity index (χ0v) is 14.5. The predicted molar refractivity (Wildman–Crippen MR) is 87.7 cm³/mol. The van der Waals surface area contributed by atoms with Crippen LogP contribution in [-0.2, 0) is 4.79 Å². The fraction of sp³-hybridized carbons (Fsp3) is 0.500. The van der Waals surface area contributed by atoms with E-state index in [1.165, 1.54) is 0 Å². The maximum Gasteiger partial charge on any atom is 0.299 e. The summed E-state index contributed by atoms with van der Waals surface area (Å²) in [5, 5.41) is 3.43. The first-order valence-corrected chi connectivity index (χ1v) is 7.90. The molecule has 1 unspecified atom stereocenters. The average molecular weight is 353 g/mol. The van der Waals surface area contributed by atoms with Crippen molar-refractivity contribution in [2.75, 3.05) is 18.0 Å². The maximum absolute atomic E-state index is 12.2. The first kappa shape index (κ1) is 16.2. The normalized spacial score (nSPS) is 16.3. The lowest BCUT2D eigenvalue weighted by Gasteiger charge is -2.26. The van der Waals surface area contributed by atoms with Gasteiger partial charge in [-0.15, -0.1) is 0 Å². The molecule has 0 saturated carbocycles. The molecule has 1 aliphatic heterocycles. The Morgan fingerprint density at radius 2 is 1.95 bits per heavy atom. The highest BCUT2D eigenvalue weighted by atomic mass is 79.9. The molecule has 0 bridgehead atoms. The molecular weight excluding hydrogens is 332 g/mol. The van der Waals surface area contributed by atoms with Crippen molar-refractivity contribution in [3.63, 3.8) is 0 Å². The van der Waals surface area contributed by atoms with E-state index in [1.807, 2.05) is 6.07 Å². The van der Waals surface area contributed by atoms with Crippen LogP contribution in [0.4, 0.5) is 5.69 Å². The Hall–Kier alpha value is -1.20. The summed E-state index contributed by atoms with van der Waals surface area (Å²) in [7, 11) is 0. The number of para-hydroxylation sites is 1. The molecule has 1 N–H and O–H groups in total. The van der Waals surface area contributed by atoms with Crippen LogP contribution in [0.15, 0.2) is 22.7 Å². The number of amides is 1. The number of rotatable bonds is 4. The molecule has 1 heterocycles. The van der Waals surface area contributed by atoms with Gasteiger partial charge in [0.15, 0.2) is 0 Å². The fourth-order valence-corrected chi connectivity index (χ4v) is 2.92. The van der Waals surface area contributed by atoms with Gasteiger partial charge in [-0.2, -0.15) is 0 Å². The average Bonchev–Trinajstić information content (AvgIpc) is 2.62. The van der Waals surface area contributed by atoms with E-state index in [1.54, 1.807) is 17.0 Å². The summed E-state index contributed by atoms with van der Waals surface area (Å²) in [6.45, 7) is 9.72. The molecule has 0 fully saturated rings. The highest BCUT2D eigenvalue weighted by Crippen LogP contribution is 2.36. The second-order valence-corrected chi connectivity index (χ2v) is 7.47. The van der Waals surface area contributed by atoms with Gasteiger partial charge < -0.3 is 10.2 Å². The lowest BCUT2D eigenvalue weighted by molar-refractivity contribution is -0.114. The van der Waals surface area contributed by atoms with Crippen LogP contribution in [-0.4, -0.2) is 30.3 Å². The molecule has 0 radical (unpaired) electrons. The molecule has 0 spiro atoms. The zero-order valence-electron chi connectivity index (χ0n) is 12.9. The van der Waals surface area contributed by atoms with Gasteiger partial charge in [-0.1, -0.05) is 13.0 Å². The maximum atomic E-state index is 12.2. The first-order valence-electron chi connectivity index (χ1n) is 7.10. The minimum atomic E-state index is -0.431. The van der Waals surface area contributed by atoms with Crippen LogP contribution < -0.4 is 10.2 Å². The summed E-state index contributed by atoms with van der Waals surface area (Å²) in [5.74, 6) is -0.596. The predicted octanol–water partition coefficient (Wildman–Crippen LogP) is 3.00. The molecule has 1 aliphatic rings. The molecule has 1 amide bonds. The van der Waals surface area contributed by atoms with E-state index in [0.717, 1.165) is 11.0 Å². The number of halogens is 1. The minimum absolute atomic E-state index is 0.0393. The number of carbonyl (C=O) groups is 2. The molecule has 1 aromatic rings. The van der Waals surface area contributed by atoms with Gasteiger partial charge in [0.05, 0.1) is 11.3 Å². The minimum Gasteiger partial charge on any atom is -0.312 e. The second kappa shape index (κ2) is 5.89. The number of ketones is 1. The number of fused-ring (bicyclic) bond motifs is 1. The Kier molecular flexibility index (Phi) is 4.54. The Labute approximate surface area is 134 Å². The van der Waals surface area contributed by atoms with Crippen molar-refractivity contribution in [2.45, 2.75) is 33.2 Å². The highest BCUT2D eigenvalue weighted by molar-refractivity contribution is 9.10. The van der Waals surface area contributed by atoms with Crippen LogP contribution in [0, 0.1) is 5.92 Å². The van der Waals surface area contributed by atoms with Crippen LogP contribution in [0.5, 0.6) is 0 Å². The summed E-state index contributed by atoms with van der Waals surface area (Å²) in [6, 6.07) is 5.34. The monoisotopic (exact) mass is 352 g/mol. The summed E-state index contributed by atoms with van der Waals surface area (Å²) < 4.78 is 0.787. The third kappa shape index (κ3) is 3.52. The van der Waals surface area contributed by atoms with Crippen molar-refractivity contribution in [2.24, 2.45) is 5.92 Å². The second-order valence-electron chi connectivity index (χ2n) is 6.62. The van der Waals surface area contributed by atoms with E-state index in [0.29, 0.717) is 17.8 Å². The van der Waals surface area contributed by atoms with E-state index in [-0.39, 0.29) is 11.5 Å². The van der Waals surface area contributed by atoms with Crippen LogP contribution in [0.2, 0.25) is 0 Å². The standard InChI is InChI=1S/C16H21BrN2O2/c1-10(8-18-16(2,3)4)9-19-13-11(14(20)15(19)21)6-5-7-12(13)17/h5-7,10,18H,8-9H2,1-4H3. The van der Waals surface area contributed by atoms with Crippen LogP contribution in [0.3, 0.4) is 0 Å². The van der Waals surface area contributed by atoms with Crippen molar-refractivity contribution in [1.29, 1.82) is 0 Å². The van der Waals surface area contributed by atoms with Crippen molar-refractivity contribution in [3.8, 4) is 0 Å². The number of nitrogens with one attached hydrogen (secondary N) is 1. The summed E-state index contributed by atoms with van der Waals surface area (Å²) >= 11 is 3.44. The zero-order chi connectivity index (χ0) is 15.8.